The third-order valence-corrected chi connectivity index (χ3v) is 4.11. The van der Waals surface area contributed by atoms with E-state index in [1.807, 2.05) is 25.2 Å². The van der Waals surface area contributed by atoms with Crippen LogP contribution in [0, 0.1) is 5.92 Å². The Balaban J connectivity index is 2.00. The van der Waals surface area contributed by atoms with Crippen molar-refractivity contribution in [3.05, 3.63) is 28.8 Å². The van der Waals surface area contributed by atoms with Gasteiger partial charge in [0.15, 0.2) is 0 Å². The van der Waals surface area contributed by atoms with Crippen molar-refractivity contribution in [2.75, 3.05) is 33.8 Å². The average Bonchev–Trinajstić information content (AvgIpc) is 2.42. The molecule has 0 saturated carbocycles. The second-order valence-corrected chi connectivity index (χ2v) is 5.67. The molecule has 1 unspecified atom stereocenters. The molecule has 0 amide bonds. The number of halogens is 1. The minimum Gasteiger partial charge on any atom is -0.497 e. The summed E-state index contributed by atoms with van der Waals surface area (Å²) >= 11 is 6.28. The molecule has 1 fully saturated rings. The summed E-state index contributed by atoms with van der Waals surface area (Å²) in [6.07, 6.45) is 2.59. The van der Waals surface area contributed by atoms with Crippen LogP contribution in [0.4, 0.5) is 0 Å². The lowest BCUT2D eigenvalue weighted by Gasteiger charge is -2.32. The van der Waals surface area contributed by atoms with Gasteiger partial charge in [0.25, 0.3) is 0 Å². The number of ether oxygens (including phenoxy) is 1. The van der Waals surface area contributed by atoms with E-state index in [4.69, 9.17) is 16.3 Å². The summed E-state index contributed by atoms with van der Waals surface area (Å²) in [5.74, 6) is 1.63. The van der Waals surface area contributed by atoms with Crippen molar-refractivity contribution in [2.24, 2.45) is 5.92 Å². The molecule has 1 atom stereocenters. The molecule has 19 heavy (non-hydrogen) atoms. The highest BCUT2D eigenvalue weighted by Gasteiger charge is 2.20. The van der Waals surface area contributed by atoms with Crippen molar-refractivity contribution in [1.82, 2.24) is 10.2 Å². The summed E-state index contributed by atoms with van der Waals surface area (Å²) in [5, 5.41) is 4.11. The Morgan fingerprint density at radius 3 is 3.05 bits per heavy atom. The first kappa shape index (κ1) is 14.6. The number of hydrogen-bond acceptors (Lipinski definition) is 3. The molecule has 1 heterocycles. The van der Waals surface area contributed by atoms with Crippen molar-refractivity contribution in [1.29, 1.82) is 0 Å². The quantitative estimate of drug-likeness (QED) is 0.899. The second-order valence-electron chi connectivity index (χ2n) is 5.26. The number of rotatable bonds is 5. The molecule has 1 aromatic carbocycles. The molecule has 4 heteroatoms. The van der Waals surface area contributed by atoms with Gasteiger partial charge in [-0.1, -0.05) is 11.6 Å². The van der Waals surface area contributed by atoms with Crippen LogP contribution in [0.2, 0.25) is 5.02 Å². The molecule has 1 aliphatic rings. The minimum atomic E-state index is 0.753. The average molecular weight is 283 g/mol. The maximum Gasteiger partial charge on any atom is 0.119 e. The van der Waals surface area contributed by atoms with Crippen LogP contribution in [-0.2, 0) is 6.54 Å². The van der Waals surface area contributed by atoms with Gasteiger partial charge in [-0.2, -0.15) is 0 Å². The Morgan fingerprint density at radius 1 is 1.47 bits per heavy atom. The third kappa shape index (κ3) is 4.10. The van der Waals surface area contributed by atoms with E-state index in [0.717, 1.165) is 48.4 Å². The van der Waals surface area contributed by atoms with Gasteiger partial charge < -0.3 is 10.1 Å². The fourth-order valence-corrected chi connectivity index (χ4v) is 2.97. The predicted octanol–water partition coefficient (Wildman–Crippen LogP) is 2.78. The molecule has 0 radical (unpaired) electrons. The molecule has 1 aliphatic heterocycles. The van der Waals surface area contributed by atoms with E-state index in [2.05, 4.69) is 10.2 Å². The number of methoxy groups -OCH3 is 1. The summed E-state index contributed by atoms with van der Waals surface area (Å²) in [5.41, 5.74) is 1.16. The van der Waals surface area contributed by atoms with Crippen molar-refractivity contribution < 1.29 is 4.74 Å². The topological polar surface area (TPSA) is 24.5 Å². The van der Waals surface area contributed by atoms with E-state index in [1.165, 1.54) is 12.8 Å². The monoisotopic (exact) mass is 282 g/mol. The van der Waals surface area contributed by atoms with Crippen LogP contribution >= 0.6 is 11.6 Å². The zero-order chi connectivity index (χ0) is 13.7. The standard InChI is InChI=1S/C15H23ClN2O/c1-17-9-12-4-3-7-18(10-12)11-13-8-14(19-2)5-6-15(13)16/h5-6,8,12,17H,3-4,7,9-11H2,1-2H3. The van der Waals surface area contributed by atoms with Crippen LogP contribution in [0.25, 0.3) is 0 Å². The summed E-state index contributed by atoms with van der Waals surface area (Å²) in [4.78, 5) is 2.49. The highest BCUT2D eigenvalue weighted by atomic mass is 35.5. The normalized spacial score (nSPS) is 20.5. The van der Waals surface area contributed by atoms with Crippen molar-refractivity contribution >= 4 is 11.6 Å². The number of nitrogens with one attached hydrogen (secondary N) is 1. The highest BCUT2D eigenvalue weighted by Crippen LogP contribution is 2.25. The Hall–Kier alpha value is -0.770. The number of likely N-dealkylation sites (tertiary alicyclic amines) is 1. The van der Waals surface area contributed by atoms with Crippen LogP contribution in [0.5, 0.6) is 5.75 Å². The van der Waals surface area contributed by atoms with Crippen LogP contribution in [-0.4, -0.2) is 38.7 Å². The molecule has 0 aromatic heterocycles. The number of nitrogens with zero attached hydrogens (tertiary/aromatic N) is 1. The van der Waals surface area contributed by atoms with Gasteiger partial charge in [-0.15, -0.1) is 0 Å². The van der Waals surface area contributed by atoms with Gasteiger partial charge in [-0.3, -0.25) is 4.90 Å². The van der Waals surface area contributed by atoms with E-state index in [-0.39, 0.29) is 0 Å². The molecule has 1 N–H and O–H groups in total. The highest BCUT2D eigenvalue weighted by molar-refractivity contribution is 6.31. The first-order chi connectivity index (χ1) is 9.22. The molecule has 2 rings (SSSR count). The predicted molar refractivity (Wildman–Crippen MR) is 79.9 cm³/mol. The van der Waals surface area contributed by atoms with E-state index >= 15 is 0 Å². The van der Waals surface area contributed by atoms with E-state index in [9.17, 15) is 0 Å². The second kappa shape index (κ2) is 7.13. The zero-order valence-corrected chi connectivity index (χ0v) is 12.5. The van der Waals surface area contributed by atoms with Gasteiger partial charge in [0.2, 0.25) is 0 Å². The van der Waals surface area contributed by atoms with Gasteiger partial charge >= 0.3 is 0 Å². The molecule has 0 bridgehead atoms. The molecule has 0 spiro atoms. The van der Waals surface area contributed by atoms with Gasteiger partial charge in [-0.25, -0.2) is 0 Å². The molecular formula is C15H23ClN2O. The van der Waals surface area contributed by atoms with Gasteiger partial charge in [-0.05, 0) is 62.7 Å². The van der Waals surface area contributed by atoms with Gasteiger partial charge in [0.05, 0.1) is 7.11 Å². The molecule has 1 aromatic rings. The van der Waals surface area contributed by atoms with Crippen molar-refractivity contribution in [3.8, 4) is 5.75 Å². The molecule has 106 valence electrons. The number of benzene rings is 1. The fourth-order valence-electron chi connectivity index (χ4n) is 2.79. The lowest BCUT2D eigenvalue weighted by Crippen LogP contribution is -2.38. The van der Waals surface area contributed by atoms with Gasteiger partial charge in [0, 0.05) is 18.1 Å². The van der Waals surface area contributed by atoms with Crippen molar-refractivity contribution in [3.63, 3.8) is 0 Å². The Labute approximate surface area is 120 Å². The fraction of sp³-hybridized carbons (Fsp3) is 0.600. The Morgan fingerprint density at radius 2 is 2.32 bits per heavy atom. The summed E-state index contributed by atoms with van der Waals surface area (Å²) in [6.45, 7) is 4.32. The summed E-state index contributed by atoms with van der Waals surface area (Å²) in [6, 6.07) is 5.88. The zero-order valence-electron chi connectivity index (χ0n) is 11.8. The summed E-state index contributed by atoms with van der Waals surface area (Å²) < 4.78 is 5.27. The largest absolute Gasteiger partial charge is 0.497 e. The van der Waals surface area contributed by atoms with E-state index < -0.39 is 0 Å². The first-order valence-corrected chi connectivity index (χ1v) is 7.30. The molecule has 0 aliphatic carbocycles. The molecule has 1 saturated heterocycles. The van der Waals surface area contributed by atoms with Crippen LogP contribution in [0.15, 0.2) is 18.2 Å². The van der Waals surface area contributed by atoms with Crippen LogP contribution in [0.1, 0.15) is 18.4 Å². The molecule has 3 nitrogen and oxygen atoms in total. The third-order valence-electron chi connectivity index (χ3n) is 3.74. The lowest BCUT2D eigenvalue weighted by atomic mass is 9.97. The summed E-state index contributed by atoms with van der Waals surface area (Å²) in [7, 11) is 3.72. The van der Waals surface area contributed by atoms with Crippen LogP contribution < -0.4 is 10.1 Å². The number of hydrogen-bond donors (Lipinski definition) is 1. The smallest absolute Gasteiger partial charge is 0.119 e. The first-order valence-electron chi connectivity index (χ1n) is 6.92. The SMILES string of the molecule is CNCC1CCCN(Cc2cc(OC)ccc2Cl)C1. The lowest BCUT2D eigenvalue weighted by molar-refractivity contribution is 0.167. The Kier molecular flexibility index (Phi) is 5.49. The van der Waals surface area contributed by atoms with Gasteiger partial charge in [0.1, 0.15) is 5.75 Å². The van der Waals surface area contributed by atoms with Crippen molar-refractivity contribution in [2.45, 2.75) is 19.4 Å². The van der Waals surface area contributed by atoms with E-state index in [0.29, 0.717) is 0 Å². The van der Waals surface area contributed by atoms with E-state index in [1.54, 1.807) is 7.11 Å². The maximum absolute atomic E-state index is 6.28. The molecular weight excluding hydrogens is 260 g/mol. The number of piperidine rings is 1. The Bertz CT molecular complexity index is 409. The van der Waals surface area contributed by atoms with Crippen LogP contribution in [0.3, 0.4) is 0 Å². The maximum atomic E-state index is 6.28. The minimum absolute atomic E-state index is 0.753.